The summed E-state index contributed by atoms with van der Waals surface area (Å²) in [5.41, 5.74) is 0.933. The van der Waals surface area contributed by atoms with Gasteiger partial charge in [-0.1, -0.05) is 0 Å². The van der Waals surface area contributed by atoms with Crippen LogP contribution in [0.3, 0.4) is 0 Å². The number of nitrogens with zero attached hydrogens (tertiary/aromatic N) is 2. The van der Waals surface area contributed by atoms with Gasteiger partial charge in [-0.05, 0) is 59.3 Å². The van der Waals surface area contributed by atoms with Gasteiger partial charge in [0.15, 0.2) is 0 Å². The molecular formula is C12H8ClIN2O2. The molecule has 0 saturated carbocycles. The van der Waals surface area contributed by atoms with E-state index in [-0.39, 0.29) is 5.69 Å². The van der Waals surface area contributed by atoms with Crippen molar-refractivity contribution in [3.8, 4) is 11.5 Å². The third kappa shape index (κ3) is 3.17. The van der Waals surface area contributed by atoms with E-state index in [9.17, 15) is 4.79 Å². The van der Waals surface area contributed by atoms with Crippen molar-refractivity contribution in [2.24, 2.45) is 0 Å². The molecule has 0 bridgehead atoms. The Morgan fingerprint density at radius 3 is 2.83 bits per heavy atom. The van der Waals surface area contributed by atoms with Crippen LogP contribution in [0, 0.1) is 10.6 Å². The van der Waals surface area contributed by atoms with Gasteiger partial charge in [0.25, 0.3) is 5.24 Å². The van der Waals surface area contributed by atoms with Gasteiger partial charge in [-0.3, -0.25) is 9.78 Å². The van der Waals surface area contributed by atoms with Crippen molar-refractivity contribution in [2.45, 2.75) is 6.92 Å². The first-order chi connectivity index (χ1) is 8.56. The van der Waals surface area contributed by atoms with Crippen LogP contribution in [0.15, 0.2) is 30.5 Å². The van der Waals surface area contributed by atoms with Crippen molar-refractivity contribution < 1.29 is 9.53 Å². The number of carbonyl (C=O) groups excluding carboxylic acids is 1. The summed E-state index contributed by atoms with van der Waals surface area (Å²) in [6.45, 7) is 1.85. The second-order valence-corrected chi connectivity index (χ2v) is 4.92. The quantitative estimate of drug-likeness (QED) is 0.468. The molecule has 0 saturated heterocycles. The van der Waals surface area contributed by atoms with Crippen molar-refractivity contribution >= 4 is 39.4 Å². The third-order valence-corrected chi connectivity index (χ3v) is 2.96. The first kappa shape index (κ1) is 13.2. The predicted molar refractivity (Wildman–Crippen MR) is 76.2 cm³/mol. The second kappa shape index (κ2) is 5.62. The highest BCUT2D eigenvalue weighted by molar-refractivity contribution is 14.1. The first-order valence-corrected chi connectivity index (χ1v) is 6.49. The SMILES string of the molecule is Cc1nc(I)ccc1Oc1ccnc(C(=O)Cl)c1. The Kier molecular flexibility index (Phi) is 4.13. The zero-order valence-corrected chi connectivity index (χ0v) is 12.3. The van der Waals surface area contributed by atoms with E-state index in [0.29, 0.717) is 11.5 Å². The topological polar surface area (TPSA) is 52.1 Å². The van der Waals surface area contributed by atoms with E-state index < -0.39 is 5.24 Å². The monoisotopic (exact) mass is 374 g/mol. The molecule has 4 nitrogen and oxygen atoms in total. The standard InChI is InChI=1S/C12H8ClIN2O2/c1-7-10(2-3-11(14)16-7)18-8-4-5-15-9(6-8)12(13)17/h2-6H,1H3. The van der Waals surface area contributed by atoms with Gasteiger partial charge >= 0.3 is 0 Å². The zero-order chi connectivity index (χ0) is 13.1. The molecular weight excluding hydrogens is 367 g/mol. The number of carbonyl (C=O) groups is 1. The lowest BCUT2D eigenvalue weighted by molar-refractivity contribution is 0.107. The summed E-state index contributed by atoms with van der Waals surface area (Å²) in [6.07, 6.45) is 1.47. The summed E-state index contributed by atoms with van der Waals surface area (Å²) in [7, 11) is 0. The Morgan fingerprint density at radius 2 is 2.17 bits per heavy atom. The van der Waals surface area contributed by atoms with E-state index in [2.05, 4.69) is 32.6 Å². The van der Waals surface area contributed by atoms with E-state index in [1.165, 1.54) is 12.3 Å². The highest BCUT2D eigenvalue weighted by Gasteiger charge is 2.07. The fourth-order valence-electron chi connectivity index (χ4n) is 1.33. The van der Waals surface area contributed by atoms with Crippen LogP contribution >= 0.6 is 34.2 Å². The average molecular weight is 375 g/mol. The lowest BCUT2D eigenvalue weighted by atomic mass is 10.3. The van der Waals surface area contributed by atoms with Gasteiger partial charge in [0.05, 0.1) is 5.69 Å². The molecule has 0 radical (unpaired) electrons. The minimum Gasteiger partial charge on any atom is -0.455 e. The molecule has 0 unspecified atom stereocenters. The number of hydrogen-bond acceptors (Lipinski definition) is 4. The smallest absolute Gasteiger partial charge is 0.270 e. The summed E-state index contributed by atoms with van der Waals surface area (Å²) in [6, 6.07) is 6.82. The molecule has 6 heteroatoms. The van der Waals surface area contributed by atoms with Gasteiger partial charge in [-0.2, -0.15) is 0 Å². The van der Waals surface area contributed by atoms with Gasteiger partial charge < -0.3 is 4.74 Å². The lowest BCUT2D eigenvalue weighted by Gasteiger charge is -2.08. The average Bonchev–Trinajstić information content (AvgIpc) is 2.33. The maximum absolute atomic E-state index is 11.0. The second-order valence-electron chi connectivity index (χ2n) is 3.47. The molecule has 2 aromatic rings. The largest absolute Gasteiger partial charge is 0.455 e. The normalized spacial score (nSPS) is 10.2. The van der Waals surface area contributed by atoms with Crippen LogP contribution in [0.2, 0.25) is 0 Å². The summed E-state index contributed by atoms with van der Waals surface area (Å²) < 4.78 is 6.53. The Hall–Kier alpha value is -1.21. The van der Waals surface area contributed by atoms with E-state index >= 15 is 0 Å². The number of ether oxygens (including phenoxy) is 1. The Morgan fingerprint density at radius 1 is 1.39 bits per heavy atom. The van der Waals surface area contributed by atoms with Crippen molar-refractivity contribution in [2.75, 3.05) is 0 Å². The number of hydrogen-bond donors (Lipinski definition) is 0. The van der Waals surface area contributed by atoms with Crippen LogP contribution in [0.4, 0.5) is 0 Å². The molecule has 0 spiro atoms. The molecule has 0 atom stereocenters. The minimum atomic E-state index is -0.613. The van der Waals surface area contributed by atoms with Crippen molar-refractivity contribution in [3.05, 3.63) is 45.6 Å². The molecule has 0 aliphatic heterocycles. The fourth-order valence-corrected chi connectivity index (χ4v) is 1.98. The molecule has 0 aliphatic rings. The Balaban J connectivity index is 2.28. The molecule has 2 rings (SSSR count). The number of aromatic nitrogens is 2. The van der Waals surface area contributed by atoms with Crippen LogP contribution in [0.5, 0.6) is 11.5 Å². The maximum atomic E-state index is 11.0. The van der Waals surface area contributed by atoms with E-state index in [1.54, 1.807) is 6.07 Å². The predicted octanol–water partition coefficient (Wildman–Crippen LogP) is 3.56. The zero-order valence-electron chi connectivity index (χ0n) is 9.35. The number of pyridine rings is 2. The number of aryl methyl sites for hydroxylation is 1. The van der Waals surface area contributed by atoms with Crippen LogP contribution in [0.1, 0.15) is 16.2 Å². The molecule has 0 N–H and O–H groups in total. The van der Waals surface area contributed by atoms with Crippen LogP contribution < -0.4 is 4.74 Å². The fraction of sp³-hybridized carbons (Fsp3) is 0.0833. The van der Waals surface area contributed by atoms with Crippen molar-refractivity contribution in [1.82, 2.24) is 9.97 Å². The van der Waals surface area contributed by atoms with Crippen LogP contribution in [-0.2, 0) is 0 Å². The third-order valence-electron chi connectivity index (χ3n) is 2.16. The summed E-state index contributed by atoms with van der Waals surface area (Å²) in [5.74, 6) is 1.13. The molecule has 0 fully saturated rings. The molecule has 0 aliphatic carbocycles. The van der Waals surface area contributed by atoms with Gasteiger partial charge in [0.2, 0.25) is 0 Å². The first-order valence-electron chi connectivity index (χ1n) is 5.03. The molecule has 2 heterocycles. The minimum absolute atomic E-state index is 0.158. The highest BCUT2D eigenvalue weighted by Crippen LogP contribution is 2.24. The Labute approximate surface area is 122 Å². The molecule has 2 aromatic heterocycles. The van der Waals surface area contributed by atoms with Crippen LogP contribution in [-0.4, -0.2) is 15.2 Å². The van der Waals surface area contributed by atoms with E-state index in [4.69, 9.17) is 16.3 Å². The Bertz CT molecular complexity index is 604. The molecule has 0 aromatic carbocycles. The van der Waals surface area contributed by atoms with Crippen molar-refractivity contribution in [1.29, 1.82) is 0 Å². The molecule has 0 amide bonds. The van der Waals surface area contributed by atoms with Gasteiger partial charge in [0.1, 0.15) is 20.9 Å². The molecule has 18 heavy (non-hydrogen) atoms. The van der Waals surface area contributed by atoms with Crippen molar-refractivity contribution in [3.63, 3.8) is 0 Å². The summed E-state index contributed by atoms with van der Waals surface area (Å²) in [5, 5.41) is -0.613. The van der Waals surface area contributed by atoms with E-state index in [1.807, 2.05) is 19.1 Å². The van der Waals surface area contributed by atoms with Gasteiger partial charge in [-0.15, -0.1) is 0 Å². The number of halogens is 2. The number of rotatable bonds is 3. The molecule has 92 valence electrons. The van der Waals surface area contributed by atoms with Gasteiger partial charge in [-0.25, -0.2) is 4.98 Å². The highest BCUT2D eigenvalue weighted by atomic mass is 127. The van der Waals surface area contributed by atoms with Crippen LogP contribution in [0.25, 0.3) is 0 Å². The maximum Gasteiger partial charge on any atom is 0.270 e. The van der Waals surface area contributed by atoms with Gasteiger partial charge in [0, 0.05) is 12.3 Å². The lowest BCUT2D eigenvalue weighted by Crippen LogP contribution is -1.96. The summed E-state index contributed by atoms with van der Waals surface area (Å²) >= 11 is 7.49. The van der Waals surface area contributed by atoms with E-state index in [0.717, 1.165) is 9.39 Å². The summed E-state index contributed by atoms with van der Waals surface area (Å²) in [4.78, 5) is 19.1.